The number of carbonyl (C=O) groups is 4. The van der Waals surface area contributed by atoms with E-state index in [1.807, 2.05) is 0 Å². The molecule has 38 heavy (non-hydrogen) atoms. The maximum Gasteiger partial charge on any atom is 0.347 e. The number of carboxylic acids is 2. The molecule has 0 saturated heterocycles. The summed E-state index contributed by atoms with van der Waals surface area (Å²) in [5.41, 5.74) is 12.0. The van der Waals surface area contributed by atoms with E-state index in [4.69, 9.17) is 35.9 Å². The number of fused-ring (bicyclic) bond motifs is 2. The zero-order valence-electron chi connectivity index (χ0n) is 20.3. The van der Waals surface area contributed by atoms with Crippen LogP contribution in [-0.2, 0) is 20.8 Å². The van der Waals surface area contributed by atoms with Gasteiger partial charge in [0.05, 0.1) is 25.3 Å². The van der Waals surface area contributed by atoms with Gasteiger partial charge in [-0.05, 0) is 43.0 Å². The van der Waals surface area contributed by atoms with Crippen molar-refractivity contribution in [2.45, 2.75) is 38.1 Å². The van der Waals surface area contributed by atoms with Crippen molar-refractivity contribution in [2.75, 3.05) is 13.2 Å². The number of hydrogen-bond acceptors (Lipinski definition) is 8. The molecule has 2 aromatic carbocycles. The van der Waals surface area contributed by atoms with E-state index in [-0.39, 0.29) is 48.2 Å². The summed E-state index contributed by atoms with van der Waals surface area (Å²) in [4.78, 5) is 51.5. The van der Waals surface area contributed by atoms with Gasteiger partial charge in [0, 0.05) is 12.5 Å². The van der Waals surface area contributed by atoms with Gasteiger partial charge < -0.3 is 41.2 Å². The molecule has 0 spiro atoms. The highest BCUT2D eigenvalue weighted by atomic mass is 16.6. The highest BCUT2D eigenvalue weighted by Crippen LogP contribution is 2.35. The molecule has 1 amide bonds. The van der Waals surface area contributed by atoms with E-state index in [2.05, 4.69) is 10.3 Å². The van der Waals surface area contributed by atoms with Crippen molar-refractivity contribution < 1.29 is 43.6 Å². The average molecular weight is 529 g/mol. The Labute approximate surface area is 217 Å². The van der Waals surface area contributed by atoms with Crippen LogP contribution >= 0.6 is 0 Å². The van der Waals surface area contributed by atoms with Gasteiger partial charge in [0.1, 0.15) is 17.4 Å². The van der Waals surface area contributed by atoms with Crippen LogP contribution in [0, 0.1) is 0 Å². The minimum absolute atomic E-state index is 0.119. The third-order valence-electron chi connectivity index (χ3n) is 5.38. The molecule has 2 aromatic rings. The van der Waals surface area contributed by atoms with Crippen molar-refractivity contribution in [2.24, 2.45) is 16.5 Å². The van der Waals surface area contributed by atoms with Crippen LogP contribution in [0.5, 0.6) is 17.2 Å². The predicted octanol–water partition coefficient (Wildman–Crippen LogP) is 1.34. The fourth-order valence-electron chi connectivity index (χ4n) is 3.62. The molecule has 0 aromatic heterocycles. The minimum atomic E-state index is -1.55. The first kappa shape index (κ1) is 27.8. The monoisotopic (exact) mass is 528 g/mol. The van der Waals surface area contributed by atoms with Crippen molar-refractivity contribution in [1.29, 1.82) is 0 Å². The molecule has 1 aliphatic heterocycles. The Morgan fingerprint density at radius 1 is 1.03 bits per heavy atom. The number of carbonyl (C=O) groups excluding carboxylic acids is 2. The van der Waals surface area contributed by atoms with Crippen LogP contribution in [0.15, 0.2) is 41.4 Å². The summed E-state index contributed by atoms with van der Waals surface area (Å²) >= 11 is 0. The molecule has 7 N–H and O–H groups in total. The fraction of sp³-hybridized carbons (Fsp3) is 0.320. The van der Waals surface area contributed by atoms with Crippen LogP contribution in [0.1, 0.15) is 41.6 Å². The van der Waals surface area contributed by atoms with Gasteiger partial charge >= 0.3 is 17.9 Å². The molecular weight excluding hydrogens is 500 g/mol. The van der Waals surface area contributed by atoms with E-state index in [0.717, 1.165) is 0 Å². The van der Waals surface area contributed by atoms with Crippen molar-refractivity contribution >= 4 is 35.5 Å². The second-order valence-electron chi connectivity index (χ2n) is 8.31. The molecule has 1 unspecified atom stereocenters. The normalized spacial score (nSPS) is 13.9. The molecular formula is C25H28N4O9. The number of aliphatic imine (C=N–C) groups is 1. The number of guanidine groups is 1. The number of aliphatic carboxylic acids is 2. The summed E-state index contributed by atoms with van der Waals surface area (Å²) in [6.45, 7) is 0.572. The standard InChI is InChI=1S/C25H28N4O9/c26-25(27)28-15-7-8-16-19(12-15)36-10-1-2-11-37-22-14(4-3-5-18(22)38-24(16)35)6-9-20(30)29-17(23(33)34)13-21(31)32/h3-5,7-8,12,17H,1-2,6,9-11,13H2,(H,29,30)(H,31,32)(H,33,34)(H4,26,27,28). The number of ether oxygens (including phenoxy) is 3. The Morgan fingerprint density at radius 3 is 2.45 bits per heavy atom. The topological polar surface area (TPSA) is 213 Å². The van der Waals surface area contributed by atoms with Crippen LogP contribution in [0.2, 0.25) is 0 Å². The summed E-state index contributed by atoms with van der Waals surface area (Å²) in [6.07, 6.45) is 0.441. The van der Waals surface area contributed by atoms with Gasteiger partial charge in [-0.15, -0.1) is 0 Å². The molecule has 13 heteroatoms. The van der Waals surface area contributed by atoms with Gasteiger partial charge in [-0.25, -0.2) is 14.6 Å². The number of amides is 1. The van der Waals surface area contributed by atoms with E-state index in [1.165, 1.54) is 18.2 Å². The quantitative estimate of drug-likeness (QED) is 0.143. The lowest BCUT2D eigenvalue weighted by Gasteiger charge is -2.18. The molecule has 1 atom stereocenters. The maximum atomic E-state index is 13.1. The van der Waals surface area contributed by atoms with E-state index in [9.17, 15) is 19.2 Å². The van der Waals surface area contributed by atoms with Gasteiger partial charge in [-0.1, -0.05) is 12.1 Å². The van der Waals surface area contributed by atoms with Crippen LogP contribution in [-0.4, -0.2) is 59.2 Å². The van der Waals surface area contributed by atoms with E-state index < -0.39 is 36.3 Å². The molecule has 3 rings (SSSR count). The zero-order chi connectivity index (χ0) is 27.7. The van der Waals surface area contributed by atoms with Gasteiger partial charge in [-0.2, -0.15) is 0 Å². The zero-order valence-corrected chi connectivity index (χ0v) is 20.3. The first-order valence-electron chi connectivity index (χ1n) is 11.7. The highest BCUT2D eigenvalue weighted by molar-refractivity contribution is 5.95. The summed E-state index contributed by atoms with van der Waals surface area (Å²) in [5.74, 6) is -3.66. The molecule has 1 heterocycles. The average Bonchev–Trinajstić information content (AvgIpc) is 2.84. The van der Waals surface area contributed by atoms with Crippen LogP contribution < -0.4 is 31.0 Å². The molecule has 13 nitrogen and oxygen atoms in total. The van der Waals surface area contributed by atoms with Crippen molar-refractivity contribution in [1.82, 2.24) is 5.32 Å². The summed E-state index contributed by atoms with van der Waals surface area (Å²) in [6, 6.07) is 7.86. The summed E-state index contributed by atoms with van der Waals surface area (Å²) < 4.78 is 17.3. The van der Waals surface area contributed by atoms with Gasteiger partial charge in [-0.3, -0.25) is 9.59 Å². The lowest BCUT2D eigenvalue weighted by atomic mass is 10.1. The summed E-state index contributed by atoms with van der Waals surface area (Å²) in [7, 11) is 0. The number of rotatable bonds is 8. The smallest absolute Gasteiger partial charge is 0.347 e. The van der Waals surface area contributed by atoms with E-state index in [0.29, 0.717) is 30.7 Å². The number of hydrogen-bond donors (Lipinski definition) is 5. The van der Waals surface area contributed by atoms with Crippen LogP contribution in [0.3, 0.4) is 0 Å². The highest BCUT2D eigenvalue weighted by Gasteiger charge is 2.24. The largest absolute Gasteiger partial charge is 0.493 e. The lowest BCUT2D eigenvalue weighted by molar-refractivity contribution is -0.147. The Hall–Kier alpha value is -4.81. The Morgan fingerprint density at radius 2 is 1.76 bits per heavy atom. The number of benzene rings is 2. The Balaban J connectivity index is 1.82. The van der Waals surface area contributed by atoms with E-state index >= 15 is 0 Å². The van der Waals surface area contributed by atoms with Crippen LogP contribution in [0.25, 0.3) is 0 Å². The van der Waals surface area contributed by atoms with E-state index in [1.54, 1.807) is 18.2 Å². The number of carboxylic acid groups (broad SMARTS) is 2. The molecule has 0 fully saturated rings. The van der Waals surface area contributed by atoms with Crippen LogP contribution in [0.4, 0.5) is 5.69 Å². The summed E-state index contributed by atoms with van der Waals surface area (Å²) in [5, 5.41) is 20.2. The third-order valence-corrected chi connectivity index (χ3v) is 5.38. The predicted molar refractivity (Wildman–Crippen MR) is 134 cm³/mol. The van der Waals surface area contributed by atoms with Crippen molar-refractivity contribution in [3.63, 3.8) is 0 Å². The van der Waals surface area contributed by atoms with Crippen molar-refractivity contribution in [3.8, 4) is 17.2 Å². The Kier molecular flexibility index (Phi) is 9.46. The number of aryl methyl sites for hydroxylation is 1. The first-order chi connectivity index (χ1) is 18.1. The number of nitrogens with two attached hydrogens (primary N) is 2. The van der Waals surface area contributed by atoms with Gasteiger partial charge in [0.2, 0.25) is 5.91 Å². The number of para-hydroxylation sites is 1. The molecule has 0 bridgehead atoms. The molecule has 1 aliphatic rings. The number of nitrogens with zero attached hydrogens (tertiary/aromatic N) is 1. The van der Waals surface area contributed by atoms with Crippen molar-refractivity contribution in [3.05, 3.63) is 47.5 Å². The fourth-order valence-corrected chi connectivity index (χ4v) is 3.62. The molecule has 0 saturated carbocycles. The maximum absolute atomic E-state index is 13.1. The lowest BCUT2D eigenvalue weighted by Crippen LogP contribution is -2.42. The first-order valence-corrected chi connectivity index (χ1v) is 11.7. The minimum Gasteiger partial charge on any atom is -0.493 e. The SMILES string of the molecule is NC(N)=Nc1ccc2c(c1)OCCCCOc1c(CCC(=O)NC(CC(=O)O)C(=O)O)cccc1OC2=O. The molecule has 202 valence electrons. The number of nitrogens with one attached hydrogen (secondary N) is 1. The second-order valence-corrected chi connectivity index (χ2v) is 8.31. The van der Waals surface area contributed by atoms with Gasteiger partial charge in [0.15, 0.2) is 17.5 Å². The second kappa shape index (κ2) is 12.9. The van der Waals surface area contributed by atoms with Gasteiger partial charge in [0.25, 0.3) is 0 Å². The molecule has 0 radical (unpaired) electrons. The molecule has 0 aliphatic carbocycles. The third kappa shape index (κ3) is 7.85. The number of esters is 1. The Bertz CT molecular complexity index is 1240.